The van der Waals surface area contributed by atoms with Crippen molar-refractivity contribution in [2.75, 3.05) is 13.1 Å². The molecule has 0 N–H and O–H groups in total. The number of hydrogen-bond acceptors (Lipinski definition) is 3. The van der Waals surface area contributed by atoms with E-state index in [1.54, 1.807) is 0 Å². The van der Waals surface area contributed by atoms with E-state index in [4.69, 9.17) is 0 Å². The Morgan fingerprint density at radius 1 is 1.37 bits per heavy atom. The molecular weight excluding hydrogens is 238 g/mol. The van der Waals surface area contributed by atoms with Crippen LogP contribution in [-0.4, -0.2) is 35.6 Å². The van der Waals surface area contributed by atoms with E-state index in [0.717, 1.165) is 25.8 Å². The lowest BCUT2D eigenvalue weighted by molar-refractivity contribution is -0.129. The molecule has 2 aliphatic rings. The summed E-state index contributed by atoms with van der Waals surface area (Å²) in [5.41, 5.74) is 0.208. The third kappa shape index (κ3) is 2.86. The van der Waals surface area contributed by atoms with Gasteiger partial charge < -0.3 is 0 Å². The van der Waals surface area contributed by atoms with Crippen LogP contribution in [0, 0.1) is 0 Å². The second-order valence-electron chi connectivity index (χ2n) is 5.50. The van der Waals surface area contributed by atoms with Gasteiger partial charge in [-0.05, 0) is 38.8 Å². The molecule has 3 nitrogen and oxygen atoms in total. The molecule has 0 aromatic carbocycles. The third-order valence-electron chi connectivity index (χ3n) is 4.22. The molecule has 0 amide bonds. The van der Waals surface area contributed by atoms with E-state index in [9.17, 15) is 9.59 Å². The summed E-state index contributed by atoms with van der Waals surface area (Å²) < 4.78 is 0. The molecule has 0 aromatic rings. The van der Waals surface area contributed by atoms with E-state index in [0.29, 0.717) is 24.2 Å². The fourth-order valence-corrected chi connectivity index (χ4v) is 3.09. The zero-order chi connectivity index (χ0) is 13.7. The Hall–Kier alpha value is -1.22. The number of aldehydes is 1. The van der Waals surface area contributed by atoms with Crippen LogP contribution in [0.2, 0.25) is 0 Å². The zero-order valence-electron chi connectivity index (χ0n) is 11.7. The van der Waals surface area contributed by atoms with Crippen molar-refractivity contribution in [3.05, 3.63) is 23.8 Å². The van der Waals surface area contributed by atoms with Gasteiger partial charge in [0, 0.05) is 12.0 Å². The van der Waals surface area contributed by atoms with E-state index in [-0.39, 0.29) is 0 Å². The van der Waals surface area contributed by atoms with E-state index >= 15 is 0 Å². The Bertz CT molecular complexity index is 405. The monoisotopic (exact) mass is 261 g/mol. The molecule has 1 fully saturated rings. The molecule has 0 aromatic heterocycles. The molecule has 0 radical (unpaired) electrons. The Morgan fingerprint density at radius 2 is 2.11 bits per heavy atom. The molecule has 1 heterocycles. The lowest BCUT2D eigenvalue weighted by Gasteiger charge is -2.43. The lowest BCUT2D eigenvalue weighted by atomic mass is 9.80. The van der Waals surface area contributed by atoms with Crippen molar-refractivity contribution in [2.45, 2.75) is 51.0 Å². The maximum Gasteiger partial charge on any atom is 0.157 e. The van der Waals surface area contributed by atoms with Gasteiger partial charge in [0.2, 0.25) is 0 Å². The van der Waals surface area contributed by atoms with Crippen LogP contribution < -0.4 is 0 Å². The SMILES string of the molecule is CCCC(=O)C1(N2CCCCC2)C=CC(C=O)=CC1. The van der Waals surface area contributed by atoms with Crippen molar-refractivity contribution in [2.24, 2.45) is 0 Å². The fourth-order valence-electron chi connectivity index (χ4n) is 3.09. The molecule has 1 unspecified atom stereocenters. The van der Waals surface area contributed by atoms with E-state index in [2.05, 4.69) is 4.90 Å². The molecular formula is C16H23NO2. The molecule has 1 atom stereocenters. The smallest absolute Gasteiger partial charge is 0.157 e. The highest BCUT2D eigenvalue weighted by Crippen LogP contribution is 2.32. The number of carbonyl (C=O) groups is 2. The number of piperidine rings is 1. The minimum atomic E-state index is -0.483. The Balaban J connectivity index is 2.24. The van der Waals surface area contributed by atoms with Gasteiger partial charge in [0.15, 0.2) is 5.78 Å². The second-order valence-corrected chi connectivity index (χ2v) is 5.50. The van der Waals surface area contributed by atoms with Crippen molar-refractivity contribution in [1.82, 2.24) is 4.90 Å². The number of Topliss-reactive ketones (excluding diaryl/α,β-unsaturated/α-hetero) is 1. The van der Waals surface area contributed by atoms with E-state index in [1.807, 2.05) is 25.2 Å². The van der Waals surface area contributed by atoms with Crippen molar-refractivity contribution >= 4 is 12.1 Å². The Labute approximate surface area is 115 Å². The molecule has 19 heavy (non-hydrogen) atoms. The van der Waals surface area contributed by atoms with Crippen LogP contribution in [0.15, 0.2) is 23.8 Å². The van der Waals surface area contributed by atoms with Crippen LogP contribution in [0.5, 0.6) is 0 Å². The van der Waals surface area contributed by atoms with Crippen molar-refractivity contribution in [3.63, 3.8) is 0 Å². The largest absolute Gasteiger partial charge is 0.298 e. The second kappa shape index (κ2) is 6.29. The lowest BCUT2D eigenvalue weighted by Crippen LogP contribution is -2.55. The van der Waals surface area contributed by atoms with Crippen LogP contribution in [0.1, 0.15) is 45.4 Å². The van der Waals surface area contributed by atoms with Gasteiger partial charge in [-0.3, -0.25) is 14.5 Å². The summed E-state index contributed by atoms with van der Waals surface area (Å²) in [6.45, 7) is 4.02. The number of carbonyl (C=O) groups excluding carboxylic acids is 2. The molecule has 1 saturated heterocycles. The molecule has 0 bridgehead atoms. The van der Waals surface area contributed by atoms with Crippen LogP contribution in [-0.2, 0) is 9.59 Å². The molecule has 104 valence electrons. The van der Waals surface area contributed by atoms with Crippen LogP contribution in [0.25, 0.3) is 0 Å². The quantitative estimate of drug-likeness (QED) is 0.714. The van der Waals surface area contributed by atoms with Gasteiger partial charge in [-0.2, -0.15) is 0 Å². The first kappa shape index (κ1) is 14.2. The summed E-state index contributed by atoms with van der Waals surface area (Å²) in [7, 11) is 0. The first-order chi connectivity index (χ1) is 9.23. The molecule has 1 aliphatic heterocycles. The van der Waals surface area contributed by atoms with Gasteiger partial charge in [-0.1, -0.05) is 31.6 Å². The van der Waals surface area contributed by atoms with Crippen molar-refractivity contribution in [1.29, 1.82) is 0 Å². The highest BCUT2D eigenvalue weighted by molar-refractivity contribution is 5.92. The van der Waals surface area contributed by atoms with Crippen LogP contribution in [0.3, 0.4) is 0 Å². The fraction of sp³-hybridized carbons (Fsp3) is 0.625. The first-order valence-corrected chi connectivity index (χ1v) is 7.36. The van der Waals surface area contributed by atoms with Crippen molar-refractivity contribution < 1.29 is 9.59 Å². The Kier molecular flexibility index (Phi) is 4.70. The predicted molar refractivity (Wildman–Crippen MR) is 76.0 cm³/mol. The standard InChI is InChI=1S/C16H23NO2/c1-2-6-15(19)16(17-11-4-3-5-12-17)9-7-14(13-18)8-10-16/h7-9,13H,2-6,10-12H2,1H3. The van der Waals surface area contributed by atoms with Crippen molar-refractivity contribution in [3.8, 4) is 0 Å². The number of likely N-dealkylation sites (tertiary alicyclic amines) is 1. The molecule has 0 spiro atoms. The van der Waals surface area contributed by atoms with Gasteiger partial charge in [0.25, 0.3) is 0 Å². The highest BCUT2D eigenvalue weighted by atomic mass is 16.1. The minimum Gasteiger partial charge on any atom is -0.298 e. The summed E-state index contributed by atoms with van der Waals surface area (Å²) in [5.74, 6) is 0.300. The summed E-state index contributed by atoms with van der Waals surface area (Å²) in [6, 6.07) is 0. The number of nitrogens with zero attached hydrogens (tertiary/aromatic N) is 1. The number of ketones is 1. The van der Waals surface area contributed by atoms with Gasteiger partial charge in [-0.15, -0.1) is 0 Å². The highest BCUT2D eigenvalue weighted by Gasteiger charge is 2.41. The normalized spacial score (nSPS) is 27.9. The van der Waals surface area contributed by atoms with E-state index < -0.39 is 5.54 Å². The maximum absolute atomic E-state index is 12.6. The number of hydrogen-bond donors (Lipinski definition) is 0. The molecule has 0 saturated carbocycles. The third-order valence-corrected chi connectivity index (χ3v) is 4.22. The summed E-state index contributed by atoms with van der Waals surface area (Å²) in [6.07, 6.45) is 12.3. The predicted octanol–water partition coefficient (Wildman–Crippen LogP) is 2.67. The average molecular weight is 261 g/mol. The molecule has 2 rings (SSSR count). The van der Waals surface area contributed by atoms with Gasteiger partial charge >= 0.3 is 0 Å². The number of allylic oxidation sites excluding steroid dienone is 2. The summed E-state index contributed by atoms with van der Waals surface area (Å²) in [4.78, 5) is 25.8. The first-order valence-electron chi connectivity index (χ1n) is 7.36. The molecule has 1 aliphatic carbocycles. The van der Waals surface area contributed by atoms with Crippen LogP contribution >= 0.6 is 0 Å². The van der Waals surface area contributed by atoms with E-state index in [1.165, 1.54) is 19.3 Å². The maximum atomic E-state index is 12.6. The van der Waals surface area contributed by atoms with Gasteiger partial charge in [0.1, 0.15) is 11.8 Å². The van der Waals surface area contributed by atoms with Gasteiger partial charge in [0.05, 0.1) is 0 Å². The summed E-state index contributed by atoms with van der Waals surface area (Å²) >= 11 is 0. The zero-order valence-corrected chi connectivity index (χ0v) is 11.7. The Morgan fingerprint density at radius 3 is 2.63 bits per heavy atom. The van der Waals surface area contributed by atoms with Gasteiger partial charge in [-0.25, -0.2) is 0 Å². The average Bonchev–Trinajstić information content (AvgIpc) is 2.48. The minimum absolute atomic E-state index is 0.300. The molecule has 3 heteroatoms. The number of rotatable bonds is 5. The topological polar surface area (TPSA) is 37.4 Å². The van der Waals surface area contributed by atoms with Crippen LogP contribution in [0.4, 0.5) is 0 Å². The summed E-state index contributed by atoms with van der Waals surface area (Å²) in [5, 5.41) is 0.